The van der Waals surface area contributed by atoms with Gasteiger partial charge in [0.1, 0.15) is 0 Å². The van der Waals surface area contributed by atoms with Gasteiger partial charge in [-0.15, -0.1) is 0 Å². The van der Waals surface area contributed by atoms with Crippen LogP contribution in [0.2, 0.25) is 0 Å². The van der Waals surface area contributed by atoms with Gasteiger partial charge in [-0.2, -0.15) is 0 Å². The quantitative estimate of drug-likeness (QED) is 0.368. The number of fused-ring (bicyclic) bond motifs is 2. The molecule has 4 nitrogen and oxygen atoms in total. The Morgan fingerprint density at radius 3 is 1.85 bits per heavy atom. The highest BCUT2D eigenvalue weighted by atomic mass is 127. The first kappa shape index (κ1) is 13.0. The third-order valence-corrected chi connectivity index (χ3v) is 4.32. The predicted molar refractivity (Wildman–Crippen MR) is 87.1 cm³/mol. The van der Waals surface area contributed by atoms with E-state index < -0.39 is 4.92 Å². The lowest BCUT2D eigenvalue weighted by Gasteiger charge is -1.96. The molecule has 0 aliphatic heterocycles. The zero-order chi connectivity index (χ0) is 14.3. The number of benzene rings is 2. The van der Waals surface area contributed by atoms with E-state index in [0.29, 0.717) is 25.1 Å². The molecule has 0 aromatic heterocycles. The molecule has 0 unspecified atom stereocenters. The largest absolute Gasteiger partial charge is 0.291 e. The van der Waals surface area contributed by atoms with E-state index in [9.17, 15) is 14.9 Å². The van der Waals surface area contributed by atoms with Crippen LogP contribution >= 0.6 is 22.6 Å². The summed E-state index contributed by atoms with van der Waals surface area (Å²) in [6.07, 6.45) is 0. The van der Waals surface area contributed by atoms with Crippen molar-refractivity contribution in [3.05, 3.63) is 72.4 Å². The molecule has 0 aliphatic rings. The van der Waals surface area contributed by atoms with Gasteiger partial charge in [0.25, 0.3) is 5.69 Å². The summed E-state index contributed by atoms with van der Waals surface area (Å²) in [4.78, 5) is 23.6. The van der Waals surface area contributed by atoms with Crippen LogP contribution in [0, 0.1) is 13.7 Å². The Balaban J connectivity index is 2.79. The molecule has 0 heterocycles. The summed E-state index contributed by atoms with van der Waals surface area (Å²) < 4.78 is 0.488. The molecule has 3 aromatic rings. The van der Waals surface area contributed by atoms with E-state index in [1.54, 1.807) is 48.5 Å². The molecular formula is C15H8INO3. The standard InChI is InChI=1S/C15H8INO3/c16-13-9-5-1-3-7-11(9)15(18)12-8-4-2-6-10(12)14(13)17(19)20/h1-8H. The highest BCUT2D eigenvalue weighted by Crippen LogP contribution is 2.32. The fourth-order valence-electron chi connectivity index (χ4n) is 2.33. The van der Waals surface area contributed by atoms with Crippen molar-refractivity contribution in [2.24, 2.45) is 0 Å². The lowest BCUT2D eigenvalue weighted by atomic mass is 10.1. The van der Waals surface area contributed by atoms with Crippen molar-refractivity contribution in [2.45, 2.75) is 0 Å². The zero-order valence-corrected chi connectivity index (χ0v) is 12.3. The topological polar surface area (TPSA) is 60.2 Å². The van der Waals surface area contributed by atoms with Crippen LogP contribution in [0.1, 0.15) is 0 Å². The van der Waals surface area contributed by atoms with E-state index in [2.05, 4.69) is 0 Å². The van der Waals surface area contributed by atoms with E-state index >= 15 is 0 Å². The Hall–Kier alpha value is -2.02. The molecule has 0 atom stereocenters. The average Bonchev–Trinajstić information content (AvgIpc) is 2.55. The van der Waals surface area contributed by atoms with Crippen molar-refractivity contribution < 1.29 is 4.92 Å². The van der Waals surface area contributed by atoms with Crippen LogP contribution in [0.15, 0.2) is 53.3 Å². The zero-order valence-electron chi connectivity index (χ0n) is 10.2. The lowest BCUT2D eigenvalue weighted by molar-refractivity contribution is -0.383. The second-order valence-electron chi connectivity index (χ2n) is 4.34. The Morgan fingerprint density at radius 1 is 0.850 bits per heavy atom. The summed E-state index contributed by atoms with van der Waals surface area (Å²) >= 11 is 1.94. The van der Waals surface area contributed by atoms with Crippen LogP contribution in [0.4, 0.5) is 5.69 Å². The van der Waals surface area contributed by atoms with E-state index in [1.165, 1.54) is 0 Å². The maximum Gasteiger partial charge on any atom is 0.291 e. The van der Waals surface area contributed by atoms with Crippen LogP contribution in [0.3, 0.4) is 0 Å². The summed E-state index contributed by atoms with van der Waals surface area (Å²) in [5, 5.41) is 13.3. The van der Waals surface area contributed by atoms with Crippen LogP contribution in [0.5, 0.6) is 0 Å². The molecule has 20 heavy (non-hydrogen) atoms. The Morgan fingerprint density at radius 2 is 1.30 bits per heavy atom. The number of hydrogen-bond acceptors (Lipinski definition) is 3. The van der Waals surface area contributed by atoms with E-state index in [-0.39, 0.29) is 11.1 Å². The molecule has 5 heteroatoms. The molecule has 3 rings (SSSR count). The maximum atomic E-state index is 12.6. The van der Waals surface area contributed by atoms with Crippen LogP contribution < -0.4 is 5.43 Å². The molecule has 0 aliphatic carbocycles. The molecule has 0 bridgehead atoms. The monoisotopic (exact) mass is 377 g/mol. The van der Waals surface area contributed by atoms with Gasteiger partial charge in [-0.1, -0.05) is 42.5 Å². The van der Waals surface area contributed by atoms with Crippen molar-refractivity contribution in [2.75, 3.05) is 0 Å². The number of halogens is 1. The first-order valence-corrected chi connectivity index (χ1v) is 6.97. The fourth-order valence-corrected chi connectivity index (χ4v) is 3.29. The minimum Gasteiger partial charge on any atom is -0.289 e. The highest BCUT2D eigenvalue weighted by Gasteiger charge is 2.20. The minimum absolute atomic E-state index is 0.0144. The van der Waals surface area contributed by atoms with Gasteiger partial charge in [0.15, 0.2) is 5.43 Å². The van der Waals surface area contributed by atoms with Gasteiger partial charge < -0.3 is 0 Å². The Bertz CT molecular complexity index is 922. The van der Waals surface area contributed by atoms with Crippen molar-refractivity contribution in [3.63, 3.8) is 0 Å². The summed E-state index contributed by atoms with van der Waals surface area (Å²) in [6.45, 7) is 0. The summed E-state index contributed by atoms with van der Waals surface area (Å²) in [6, 6.07) is 13.7. The van der Waals surface area contributed by atoms with Gasteiger partial charge in [-0.05, 0) is 28.7 Å². The maximum absolute atomic E-state index is 12.6. The van der Waals surface area contributed by atoms with Gasteiger partial charge in [-0.3, -0.25) is 14.9 Å². The van der Waals surface area contributed by atoms with Crippen LogP contribution in [-0.4, -0.2) is 4.92 Å². The molecule has 98 valence electrons. The van der Waals surface area contributed by atoms with Gasteiger partial charge in [-0.25, -0.2) is 0 Å². The average molecular weight is 377 g/mol. The first-order chi connectivity index (χ1) is 9.61. The van der Waals surface area contributed by atoms with Crippen molar-refractivity contribution in [1.82, 2.24) is 0 Å². The highest BCUT2D eigenvalue weighted by molar-refractivity contribution is 14.1. The SMILES string of the molecule is O=c1c2ccccc2c(I)c([N+](=O)[O-])c2ccccc12. The van der Waals surface area contributed by atoms with E-state index in [1.807, 2.05) is 22.6 Å². The molecule has 0 spiro atoms. The number of hydrogen-bond donors (Lipinski definition) is 0. The van der Waals surface area contributed by atoms with Crippen LogP contribution in [-0.2, 0) is 0 Å². The van der Waals surface area contributed by atoms with Gasteiger partial charge >= 0.3 is 0 Å². The molecule has 0 saturated heterocycles. The Kier molecular flexibility index (Phi) is 3.13. The van der Waals surface area contributed by atoms with E-state index in [0.717, 1.165) is 0 Å². The van der Waals surface area contributed by atoms with Gasteiger partial charge in [0, 0.05) is 16.2 Å². The molecule has 3 aromatic carbocycles. The normalized spacial score (nSPS) is 10.8. The number of nitrogens with zero attached hydrogens (tertiary/aromatic N) is 1. The van der Waals surface area contributed by atoms with Crippen molar-refractivity contribution in [3.8, 4) is 0 Å². The molecular weight excluding hydrogens is 369 g/mol. The smallest absolute Gasteiger partial charge is 0.289 e. The van der Waals surface area contributed by atoms with Crippen LogP contribution in [0.25, 0.3) is 21.5 Å². The lowest BCUT2D eigenvalue weighted by Crippen LogP contribution is -1.98. The van der Waals surface area contributed by atoms with E-state index in [4.69, 9.17) is 0 Å². The fraction of sp³-hybridized carbons (Fsp3) is 0. The van der Waals surface area contributed by atoms with Gasteiger partial charge in [0.05, 0.1) is 13.9 Å². The molecule has 0 radical (unpaired) electrons. The third kappa shape index (κ3) is 1.85. The van der Waals surface area contributed by atoms with Gasteiger partial charge in [0.2, 0.25) is 0 Å². The number of rotatable bonds is 1. The molecule has 0 fully saturated rings. The first-order valence-electron chi connectivity index (χ1n) is 5.89. The van der Waals surface area contributed by atoms with Crippen molar-refractivity contribution in [1.29, 1.82) is 0 Å². The summed E-state index contributed by atoms with van der Waals surface area (Å²) in [7, 11) is 0. The second kappa shape index (κ2) is 4.82. The minimum atomic E-state index is -0.421. The molecule has 0 N–H and O–H groups in total. The summed E-state index contributed by atoms with van der Waals surface area (Å²) in [5.74, 6) is 0. The number of nitro groups is 1. The second-order valence-corrected chi connectivity index (χ2v) is 5.42. The predicted octanol–water partition coefficient (Wildman–Crippen LogP) is 3.87. The molecule has 0 amide bonds. The third-order valence-electron chi connectivity index (χ3n) is 3.23. The summed E-state index contributed by atoms with van der Waals surface area (Å²) in [5.41, 5.74) is -0.193. The van der Waals surface area contributed by atoms with Crippen molar-refractivity contribution >= 4 is 49.8 Å². The Labute approximate surface area is 127 Å². The molecule has 0 saturated carbocycles.